The lowest BCUT2D eigenvalue weighted by atomic mass is 10.1. The minimum atomic E-state index is -0.690. The first kappa shape index (κ1) is 16.7. The molecule has 6 nitrogen and oxygen atoms in total. The van der Waals surface area contributed by atoms with E-state index in [-0.39, 0.29) is 22.0 Å². The van der Waals surface area contributed by atoms with Crippen molar-refractivity contribution in [3.8, 4) is 0 Å². The smallest absolute Gasteiger partial charge is 0.293 e. The minimum absolute atomic E-state index is 0.0525. The van der Waals surface area contributed by atoms with E-state index in [1.54, 1.807) is 19.0 Å². The van der Waals surface area contributed by atoms with Gasteiger partial charge in [-0.05, 0) is 30.3 Å². The Morgan fingerprint density at radius 3 is 2.52 bits per heavy atom. The van der Waals surface area contributed by atoms with Gasteiger partial charge in [-0.25, -0.2) is 4.39 Å². The molecule has 0 heterocycles. The number of carbonyl (C=O) groups is 1. The minimum Gasteiger partial charge on any atom is -0.372 e. The van der Waals surface area contributed by atoms with Gasteiger partial charge in [0.05, 0.1) is 10.6 Å². The Labute approximate surface area is 136 Å². The molecule has 120 valence electrons. The second kappa shape index (κ2) is 6.62. The third kappa shape index (κ3) is 3.75. The van der Waals surface area contributed by atoms with Gasteiger partial charge in [0.1, 0.15) is 11.5 Å². The van der Waals surface area contributed by atoms with Gasteiger partial charge >= 0.3 is 0 Å². The van der Waals surface area contributed by atoms with Gasteiger partial charge in [0.2, 0.25) is 0 Å². The highest BCUT2D eigenvalue weighted by atomic mass is 35.5. The highest BCUT2D eigenvalue weighted by Crippen LogP contribution is 2.28. The Kier molecular flexibility index (Phi) is 4.80. The monoisotopic (exact) mass is 337 g/mol. The number of amides is 1. The van der Waals surface area contributed by atoms with E-state index in [9.17, 15) is 19.3 Å². The van der Waals surface area contributed by atoms with Gasteiger partial charge in [0.15, 0.2) is 0 Å². The molecule has 1 amide bonds. The van der Waals surface area contributed by atoms with Crippen LogP contribution in [0.2, 0.25) is 5.02 Å². The van der Waals surface area contributed by atoms with E-state index in [1.807, 2.05) is 0 Å². The molecule has 2 aromatic carbocycles. The first-order valence-electron chi connectivity index (χ1n) is 6.51. The van der Waals surface area contributed by atoms with Crippen LogP contribution in [-0.2, 0) is 0 Å². The molecule has 2 rings (SSSR count). The molecule has 8 heteroatoms. The molecule has 0 fully saturated rings. The molecule has 2 aromatic rings. The van der Waals surface area contributed by atoms with E-state index in [4.69, 9.17) is 11.6 Å². The second-order valence-electron chi connectivity index (χ2n) is 4.93. The van der Waals surface area contributed by atoms with Crippen LogP contribution in [0.15, 0.2) is 36.4 Å². The van der Waals surface area contributed by atoms with Crippen LogP contribution in [0.3, 0.4) is 0 Å². The maximum Gasteiger partial charge on any atom is 0.293 e. The number of anilines is 2. The van der Waals surface area contributed by atoms with E-state index < -0.39 is 16.6 Å². The summed E-state index contributed by atoms with van der Waals surface area (Å²) >= 11 is 5.64. The number of rotatable bonds is 4. The summed E-state index contributed by atoms with van der Waals surface area (Å²) < 4.78 is 13.7. The lowest BCUT2D eigenvalue weighted by molar-refractivity contribution is -0.384. The number of hydrogen-bond donors (Lipinski definition) is 1. The van der Waals surface area contributed by atoms with Crippen LogP contribution in [0, 0.1) is 15.9 Å². The van der Waals surface area contributed by atoms with Crippen LogP contribution in [0.25, 0.3) is 0 Å². The van der Waals surface area contributed by atoms with Crippen molar-refractivity contribution in [1.29, 1.82) is 0 Å². The van der Waals surface area contributed by atoms with Gasteiger partial charge < -0.3 is 10.2 Å². The fourth-order valence-electron chi connectivity index (χ4n) is 1.97. The van der Waals surface area contributed by atoms with Crippen molar-refractivity contribution in [3.63, 3.8) is 0 Å². The molecule has 0 atom stereocenters. The Morgan fingerprint density at radius 2 is 1.96 bits per heavy atom. The van der Waals surface area contributed by atoms with Crippen molar-refractivity contribution in [2.75, 3.05) is 24.3 Å². The number of hydrogen-bond acceptors (Lipinski definition) is 4. The van der Waals surface area contributed by atoms with E-state index in [2.05, 4.69) is 5.32 Å². The molecule has 0 aromatic heterocycles. The maximum atomic E-state index is 13.7. The lowest BCUT2D eigenvalue weighted by Gasteiger charge is -2.13. The summed E-state index contributed by atoms with van der Waals surface area (Å²) in [5.74, 6) is -1.34. The zero-order valence-corrected chi connectivity index (χ0v) is 13.1. The summed E-state index contributed by atoms with van der Waals surface area (Å²) in [7, 11) is 3.32. The van der Waals surface area contributed by atoms with Gasteiger partial charge in [-0.15, -0.1) is 0 Å². The number of nitro benzene ring substituents is 1. The summed E-state index contributed by atoms with van der Waals surface area (Å²) in [5.41, 5.74) is 0.152. The fourth-order valence-corrected chi connectivity index (χ4v) is 2.13. The molecule has 0 saturated carbocycles. The van der Waals surface area contributed by atoms with Crippen LogP contribution < -0.4 is 10.2 Å². The zero-order valence-electron chi connectivity index (χ0n) is 12.3. The molecule has 23 heavy (non-hydrogen) atoms. The van der Waals surface area contributed by atoms with Crippen LogP contribution >= 0.6 is 11.6 Å². The highest BCUT2D eigenvalue weighted by Gasteiger charge is 2.19. The standard InChI is InChI=1S/C15H13ClFN3O3/c1-19(2)13-6-3-9(7-14(13)20(22)23)15(21)18-12-5-4-10(16)8-11(12)17/h3-8H,1-2H3,(H,18,21). The van der Waals surface area contributed by atoms with Crippen molar-refractivity contribution in [1.82, 2.24) is 0 Å². The fraction of sp³-hybridized carbons (Fsp3) is 0.133. The third-order valence-electron chi connectivity index (χ3n) is 3.10. The topological polar surface area (TPSA) is 75.5 Å². The average Bonchev–Trinajstić information content (AvgIpc) is 2.49. The van der Waals surface area contributed by atoms with Crippen LogP contribution in [-0.4, -0.2) is 24.9 Å². The van der Waals surface area contributed by atoms with E-state index >= 15 is 0 Å². The molecule has 0 radical (unpaired) electrons. The summed E-state index contributed by atoms with van der Waals surface area (Å²) in [6.07, 6.45) is 0. The van der Waals surface area contributed by atoms with E-state index in [1.165, 1.54) is 24.3 Å². The predicted molar refractivity (Wildman–Crippen MR) is 86.8 cm³/mol. The van der Waals surface area contributed by atoms with E-state index in [0.717, 1.165) is 12.1 Å². The summed E-state index contributed by atoms with van der Waals surface area (Å²) in [4.78, 5) is 24.3. The SMILES string of the molecule is CN(C)c1ccc(C(=O)Nc2ccc(Cl)cc2F)cc1[N+](=O)[O-]. The second-order valence-corrected chi connectivity index (χ2v) is 5.37. The van der Waals surface area contributed by atoms with E-state index in [0.29, 0.717) is 5.69 Å². The summed E-state index contributed by atoms with van der Waals surface area (Å²) in [6, 6.07) is 7.86. The average molecular weight is 338 g/mol. The normalized spacial score (nSPS) is 10.3. The number of nitrogens with one attached hydrogen (secondary N) is 1. The van der Waals surface area contributed by atoms with Crippen molar-refractivity contribution in [2.45, 2.75) is 0 Å². The van der Waals surface area contributed by atoms with Crippen LogP contribution in [0.4, 0.5) is 21.5 Å². The molecule has 0 unspecified atom stereocenters. The molecular weight excluding hydrogens is 325 g/mol. The number of nitro groups is 1. The van der Waals surface area contributed by atoms with Gasteiger partial charge in [-0.3, -0.25) is 14.9 Å². The molecule has 1 N–H and O–H groups in total. The number of carbonyl (C=O) groups excluding carboxylic acids is 1. The quantitative estimate of drug-likeness (QED) is 0.681. The van der Waals surface area contributed by atoms with Gasteiger partial charge in [0, 0.05) is 30.7 Å². The maximum absolute atomic E-state index is 13.7. The number of halogens is 2. The van der Waals surface area contributed by atoms with Crippen LogP contribution in [0.1, 0.15) is 10.4 Å². The van der Waals surface area contributed by atoms with Gasteiger partial charge in [-0.1, -0.05) is 11.6 Å². The van der Waals surface area contributed by atoms with Crippen molar-refractivity contribution in [3.05, 3.63) is 62.9 Å². The van der Waals surface area contributed by atoms with Crippen molar-refractivity contribution >= 4 is 34.6 Å². The van der Waals surface area contributed by atoms with Crippen molar-refractivity contribution in [2.24, 2.45) is 0 Å². The third-order valence-corrected chi connectivity index (χ3v) is 3.33. The predicted octanol–water partition coefficient (Wildman–Crippen LogP) is 3.71. The molecule has 0 aliphatic rings. The van der Waals surface area contributed by atoms with Gasteiger partial charge in [-0.2, -0.15) is 0 Å². The first-order valence-corrected chi connectivity index (χ1v) is 6.89. The van der Waals surface area contributed by atoms with Crippen LogP contribution in [0.5, 0.6) is 0 Å². The molecule has 0 saturated heterocycles. The number of nitrogens with zero attached hydrogens (tertiary/aromatic N) is 2. The lowest BCUT2D eigenvalue weighted by Crippen LogP contribution is -2.15. The Hall–Kier alpha value is -2.67. The molecular formula is C15H13ClFN3O3. The zero-order chi connectivity index (χ0) is 17.1. The summed E-state index contributed by atoms with van der Waals surface area (Å²) in [5, 5.41) is 13.7. The van der Waals surface area contributed by atoms with Crippen molar-refractivity contribution < 1.29 is 14.1 Å². The molecule has 0 bridgehead atoms. The highest BCUT2D eigenvalue weighted by molar-refractivity contribution is 6.30. The Bertz CT molecular complexity index is 781. The summed E-state index contributed by atoms with van der Waals surface area (Å²) in [6.45, 7) is 0. The Morgan fingerprint density at radius 1 is 1.26 bits per heavy atom. The van der Waals surface area contributed by atoms with Gasteiger partial charge in [0.25, 0.3) is 11.6 Å². The molecule has 0 aliphatic heterocycles. The Balaban J connectivity index is 2.32. The molecule has 0 aliphatic carbocycles. The number of benzene rings is 2. The molecule has 0 spiro atoms. The first-order chi connectivity index (χ1) is 10.8. The largest absolute Gasteiger partial charge is 0.372 e.